The SMILES string of the molecule is CCNC(CCCc1ccccc1)C(N)=O. The third-order valence-corrected chi connectivity index (χ3v) is 2.60. The number of primary amides is 1. The van der Waals surface area contributed by atoms with Gasteiger partial charge >= 0.3 is 0 Å². The van der Waals surface area contributed by atoms with E-state index in [0.29, 0.717) is 0 Å². The Hall–Kier alpha value is -1.35. The average Bonchev–Trinajstić information content (AvgIpc) is 2.29. The van der Waals surface area contributed by atoms with Crippen LogP contribution in [0.5, 0.6) is 0 Å². The minimum Gasteiger partial charge on any atom is -0.368 e. The van der Waals surface area contributed by atoms with Crippen LogP contribution in [0.3, 0.4) is 0 Å². The van der Waals surface area contributed by atoms with Crippen LogP contribution in [0.2, 0.25) is 0 Å². The molecule has 0 aliphatic carbocycles. The molecule has 0 aromatic heterocycles. The van der Waals surface area contributed by atoms with E-state index in [4.69, 9.17) is 5.73 Å². The first-order chi connectivity index (χ1) is 7.74. The molecule has 0 fully saturated rings. The second-order valence-corrected chi connectivity index (χ2v) is 3.89. The highest BCUT2D eigenvalue weighted by atomic mass is 16.1. The zero-order chi connectivity index (χ0) is 11.8. The van der Waals surface area contributed by atoms with Crippen molar-refractivity contribution in [3.05, 3.63) is 35.9 Å². The number of carbonyl (C=O) groups is 1. The second kappa shape index (κ2) is 7.01. The summed E-state index contributed by atoms with van der Waals surface area (Å²) in [6.45, 7) is 2.76. The Morgan fingerprint density at radius 3 is 2.62 bits per heavy atom. The van der Waals surface area contributed by atoms with Crippen LogP contribution in [0.25, 0.3) is 0 Å². The maximum Gasteiger partial charge on any atom is 0.234 e. The summed E-state index contributed by atoms with van der Waals surface area (Å²) in [6, 6.07) is 10.1. The zero-order valence-corrected chi connectivity index (χ0v) is 9.78. The van der Waals surface area contributed by atoms with E-state index in [-0.39, 0.29) is 11.9 Å². The van der Waals surface area contributed by atoms with Gasteiger partial charge in [-0.25, -0.2) is 0 Å². The van der Waals surface area contributed by atoms with Crippen molar-refractivity contribution in [1.29, 1.82) is 0 Å². The number of likely N-dealkylation sites (N-methyl/N-ethyl adjacent to an activating group) is 1. The van der Waals surface area contributed by atoms with Crippen LogP contribution in [0.4, 0.5) is 0 Å². The molecule has 1 aromatic rings. The minimum absolute atomic E-state index is 0.186. The molecular weight excluding hydrogens is 200 g/mol. The normalized spacial score (nSPS) is 12.3. The quantitative estimate of drug-likeness (QED) is 0.731. The standard InChI is InChI=1S/C13H20N2O/c1-2-15-12(13(14)16)10-6-9-11-7-4-3-5-8-11/h3-5,7-8,12,15H,2,6,9-10H2,1H3,(H2,14,16). The van der Waals surface area contributed by atoms with Gasteiger partial charge < -0.3 is 11.1 Å². The summed E-state index contributed by atoms with van der Waals surface area (Å²) in [7, 11) is 0. The van der Waals surface area contributed by atoms with Crippen LogP contribution in [0.15, 0.2) is 30.3 Å². The predicted molar refractivity (Wildman–Crippen MR) is 66.0 cm³/mol. The summed E-state index contributed by atoms with van der Waals surface area (Å²) in [4.78, 5) is 11.1. The Morgan fingerprint density at radius 1 is 1.38 bits per heavy atom. The molecular formula is C13H20N2O. The molecule has 1 unspecified atom stereocenters. The largest absolute Gasteiger partial charge is 0.368 e. The van der Waals surface area contributed by atoms with Crippen molar-refractivity contribution in [2.75, 3.05) is 6.54 Å². The van der Waals surface area contributed by atoms with E-state index < -0.39 is 0 Å². The molecule has 0 aliphatic rings. The number of benzene rings is 1. The van der Waals surface area contributed by atoms with Crippen LogP contribution >= 0.6 is 0 Å². The summed E-state index contributed by atoms with van der Waals surface area (Å²) in [5, 5.41) is 3.09. The highest BCUT2D eigenvalue weighted by Crippen LogP contribution is 2.06. The van der Waals surface area contributed by atoms with Crippen LogP contribution in [-0.4, -0.2) is 18.5 Å². The molecule has 0 saturated heterocycles. The summed E-state index contributed by atoms with van der Waals surface area (Å²) in [6.07, 6.45) is 2.78. The fourth-order valence-electron chi connectivity index (χ4n) is 1.75. The molecule has 0 bridgehead atoms. The molecule has 0 heterocycles. The lowest BCUT2D eigenvalue weighted by molar-refractivity contribution is -0.120. The summed E-state index contributed by atoms with van der Waals surface area (Å²) >= 11 is 0. The van der Waals surface area contributed by atoms with Gasteiger partial charge in [0.1, 0.15) is 0 Å². The number of aryl methyl sites for hydroxylation is 1. The van der Waals surface area contributed by atoms with Crippen molar-refractivity contribution < 1.29 is 4.79 Å². The molecule has 0 aliphatic heterocycles. The van der Waals surface area contributed by atoms with Gasteiger partial charge in [-0.1, -0.05) is 37.3 Å². The zero-order valence-electron chi connectivity index (χ0n) is 9.78. The molecule has 1 amide bonds. The van der Waals surface area contributed by atoms with Crippen molar-refractivity contribution in [3.63, 3.8) is 0 Å². The number of hydrogen-bond acceptors (Lipinski definition) is 2. The fraction of sp³-hybridized carbons (Fsp3) is 0.462. The molecule has 3 nitrogen and oxygen atoms in total. The van der Waals surface area contributed by atoms with E-state index in [9.17, 15) is 4.79 Å². The third-order valence-electron chi connectivity index (χ3n) is 2.60. The number of nitrogens with one attached hydrogen (secondary N) is 1. The number of hydrogen-bond donors (Lipinski definition) is 2. The van der Waals surface area contributed by atoms with Gasteiger partial charge in [0.2, 0.25) is 5.91 Å². The van der Waals surface area contributed by atoms with E-state index in [0.717, 1.165) is 25.8 Å². The van der Waals surface area contributed by atoms with Gasteiger partial charge in [0.25, 0.3) is 0 Å². The van der Waals surface area contributed by atoms with Gasteiger partial charge in [0.15, 0.2) is 0 Å². The maximum atomic E-state index is 11.1. The van der Waals surface area contributed by atoms with Crippen LogP contribution in [0.1, 0.15) is 25.3 Å². The van der Waals surface area contributed by atoms with Crippen molar-refractivity contribution in [2.45, 2.75) is 32.2 Å². The maximum absolute atomic E-state index is 11.1. The van der Waals surface area contributed by atoms with Crippen LogP contribution in [0, 0.1) is 0 Å². The van der Waals surface area contributed by atoms with E-state index in [1.807, 2.05) is 25.1 Å². The average molecular weight is 220 g/mol. The summed E-state index contributed by atoms with van der Waals surface area (Å²) in [5.74, 6) is -0.255. The van der Waals surface area contributed by atoms with Crippen LogP contribution in [-0.2, 0) is 11.2 Å². The van der Waals surface area contributed by atoms with Crippen molar-refractivity contribution in [2.24, 2.45) is 5.73 Å². The van der Waals surface area contributed by atoms with Gasteiger partial charge in [0, 0.05) is 0 Å². The Bertz CT molecular complexity index is 311. The molecule has 1 atom stereocenters. The minimum atomic E-state index is -0.255. The molecule has 16 heavy (non-hydrogen) atoms. The predicted octanol–water partition coefficient (Wildman–Crippen LogP) is 1.47. The van der Waals surface area contributed by atoms with Crippen molar-refractivity contribution >= 4 is 5.91 Å². The van der Waals surface area contributed by atoms with E-state index in [1.165, 1.54) is 5.56 Å². The van der Waals surface area contributed by atoms with Crippen molar-refractivity contribution in [3.8, 4) is 0 Å². The Labute approximate surface area is 97.0 Å². The van der Waals surface area contributed by atoms with Gasteiger partial charge in [-0.15, -0.1) is 0 Å². The number of nitrogens with two attached hydrogens (primary N) is 1. The van der Waals surface area contributed by atoms with Gasteiger partial charge in [0.05, 0.1) is 6.04 Å². The lowest BCUT2D eigenvalue weighted by Crippen LogP contribution is -2.41. The first kappa shape index (κ1) is 12.7. The molecule has 1 aromatic carbocycles. The first-order valence-corrected chi connectivity index (χ1v) is 5.80. The highest BCUT2D eigenvalue weighted by molar-refractivity contribution is 5.79. The first-order valence-electron chi connectivity index (χ1n) is 5.80. The van der Waals surface area contributed by atoms with E-state index >= 15 is 0 Å². The van der Waals surface area contributed by atoms with Crippen LogP contribution < -0.4 is 11.1 Å². The smallest absolute Gasteiger partial charge is 0.234 e. The summed E-state index contributed by atoms with van der Waals surface area (Å²) in [5.41, 5.74) is 6.61. The molecule has 1 rings (SSSR count). The Kier molecular flexibility index (Phi) is 5.57. The lowest BCUT2D eigenvalue weighted by Gasteiger charge is -2.13. The molecule has 0 spiro atoms. The van der Waals surface area contributed by atoms with Gasteiger partial charge in [-0.3, -0.25) is 4.79 Å². The van der Waals surface area contributed by atoms with E-state index in [2.05, 4.69) is 17.4 Å². The van der Waals surface area contributed by atoms with Crippen molar-refractivity contribution in [1.82, 2.24) is 5.32 Å². The fourth-order valence-corrected chi connectivity index (χ4v) is 1.75. The molecule has 3 heteroatoms. The lowest BCUT2D eigenvalue weighted by atomic mass is 10.0. The highest BCUT2D eigenvalue weighted by Gasteiger charge is 2.12. The molecule has 3 N–H and O–H groups in total. The Morgan fingerprint density at radius 2 is 2.06 bits per heavy atom. The van der Waals surface area contributed by atoms with Gasteiger partial charge in [-0.2, -0.15) is 0 Å². The molecule has 0 radical (unpaired) electrons. The van der Waals surface area contributed by atoms with E-state index in [1.54, 1.807) is 0 Å². The third kappa shape index (κ3) is 4.45. The molecule has 88 valence electrons. The summed E-state index contributed by atoms with van der Waals surface area (Å²) < 4.78 is 0. The second-order valence-electron chi connectivity index (χ2n) is 3.89. The topological polar surface area (TPSA) is 55.1 Å². The number of amides is 1. The van der Waals surface area contributed by atoms with Gasteiger partial charge in [-0.05, 0) is 31.4 Å². The number of rotatable bonds is 7. The monoisotopic (exact) mass is 220 g/mol. The molecule has 0 saturated carbocycles. The number of carbonyl (C=O) groups excluding carboxylic acids is 1. The Balaban J connectivity index is 2.31.